The molecule has 0 unspecified atom stereocenters. The summed E-state index contributed by atoms with van der Waals surface area (Å²) in [7, 11) is 0. The maximum Gasteiger partial charge on any atom is 0.196 e. The van der Waals surface area contributed by atoms with Crippen LogP contribution in [0, 0.1) is 0 Å². The molecule has 1 N–H and O–H groups in total. The number of furan rings is 1. The van der Waals surface area contributed by atoms with Crippen LogP contribution in [-0.4, -0.2) is 41.0 Å². The van der Waals surface area contributed by atoms with Crippen molar-refractivity contribution in [2.24, 2.45) is 0 Å². The lowest BCUT2D eigenvalue weighted by Gasteiger charge is -2.26. The van der Waals surface area contributed by atoms with Crippen molar-refractivity contribution in [3.8, 4) is 0 Å². The first kappa shape index (κ1) is 13.5. The summed E-state index contributed by atoms with van der Waals surface area (Å²) in [5.74, 6) is 0.790. The topological polar surface area (TPSA) is 54.2 Å². The predicted octanol–water partition coefficient (Wildman–Crippen LogP) is 3.27. The number of anilines is 1. The van der Waals surface area contributed by atoms with Crippen molar-refractivity contribution >= 4 is 27.9 Å². The Hall–Kier alpha value is -2.14. The SMILES string of the molecule is c1ccc2c(c1)oc1c(NCCN3CCCCC3)ncnc12. The lowest BCUT2D eigenvalue weighted by molar-refractivity contribution is 0.237. The first-order valence-corrected chi connectivity index (χ1v) is 8.00. The minimum Gasteiger partial charge on any atom is -0.450 e. The quantitative estimate of drug-likeness (QED) is 0.800. The molecule has 4 rings (SSSR count). The number of fused-ring (bicyclic) bond motifs is 3. The average molecular weight is 296 g/mol. The molecule has 1 aliphatic rings. The van der Waals surface area contributed by atoms with E-state index < -0.39 is 0 Å². The second kappa shape index (κ2) is 5.93. The van der Waals surface area contributed by atoms with Crippen LogP contribution in [0.1, 0.15) is 19.3 Å². The Morgan fingerprint density at radius 1 is 1.09 bits per heavy atom. The van der Waals surface area contributed by atoms with Crippen LogP contribution in [0.3, 0.4) is 0 Å². The number of para-hydroxylation sites is 1. The van der Waals surface area contributed by atoms with Gasteiger partial charge in [0.05, 0.1) is 0 Å². The summed E-state index contributed by atoms with van der Waals surface area (Å²) >= 11 is 0. The number of piperidine rings is 1. The van der Waals surface area contributed by atoms with Gasteiger partial charge in [-0.1, -0.05) is 18.6 Å². The molecule has 0 spiro atoms. The van der Waals surface area contributed by atoms with Crippen molar-refractivity contribution in [1.82, 2.24) is 14.9 Å². The maximum absolute atomic E-state index is 5.92. The Bertz CT molecular complexity index is 777. The van der Waals surface area contributed by atoms with E-state index in [0.29, 0.717) is 0 Å². The Labute approximate surface area is 129 Å². The lowest BCUT2D eigenvalue weighted by Crippen LogP contribution is -2.33. The first-order valence-electron chi connectivity index (χ1n) is 8.00. The smallest absolute Gasteiger partial charge is 0.196 e. The van der Waals surface area contributed by atoms with E-state index in [-0.39, 0.29) is 0 Å². The molecule has 0 aliphatic carbocycles. The molecule has 0 atom stereocenters. The maximum atomic E-state index is 5.92. The zero-order valence-corrected chi connectivity index (χ0v) is 12.6. The van der Waals surface area contributed by atoms with Crippen LogP contribution in [0.4, 0.5) is 5.82 Å². The van der Waals surface area contributed by atoms with E-state index in [2.05, 4.69) is 20.2 Å². The van der Waals surface area contributed by atoms with Gasteiger partial charge in [-0.3, -0.25) is 0 Å². The molecular weight excluding hydrogens is 276 g/mol. The van der Waals surface area contributed by atoms with Gasteiger partial charge in [0.1, 0.15) is 17.4 Å². The average Bonchev–Trinajstić information content (AvgIpc) is 2.96. The van der Waals surface area contributed by atoms with Gasteiger partial charge in [0.25, 0.3) is 0 Å². The molecule has 2 aromatic heterocycles. The van der Waals surface area contributed by atoms with E-state index in [4.69, 9.17) is 4.42 Å². The van der Waals surface area contributed by atoms with Gasteiger partial charge < -0.3 is 14.6 Å². The van der Waals surface area contributed by atoms with Crippen molar-refractivity contribution in [3.05, 3.63) is 30.6 Å². The van der Waals surface area contributed by atoms with Gasteiger partial charge in [-0.2, -0.15) is 0 Å². The summed E-state index contributed by atoms with van der Waals surface area (Å²) in [4.78, 5) is 11.2. The van der Waals surface area contributed by atoms with Gasteiger partial charge in [0.2, 0.25) is 0 Å². The van der Waals surface area contributed by atoms with Gasteiger partial charge in [0, 0.05) is 18.5 Å². The summed E-state index contributed by atoms with van der Waals surface area (Å²) in [5.41, 5.74) is 2.49. The minimum absolute atomic E-state index is 0.752. The van der Waals surface area contributed by atoms with E-state index in [1.165, 1.54) is 32.4 Å². The summed E-state index contributed by atoms with van der Waals surface area (Å²) < 4.78 is 5.92. The van der Waals surface area contributed by atoms with Gasteiger partial charge in [-0.05, 0) is 38.1 Å². The fraction of sp³-hybridized carbons (Fsp3) is 0.412. The molecule has 5 nitrogen and oxygen atoms in total. The minimum atomic E-state index is 0.752. The third-order valence-electron chi connectivity index (χ3n) is 4.33. The monoisotopic (exact) mass is 296 g/mol. The molecule has 114 valence electrons. The Morgan fingerprint density at radius 3 is 2.86 bits per heavy atom. The largest absolute Gasteiger partial charge is 0.450 e. The molecule has 0 amide bonds. The number of nitrogens with one attached hydrogen (secondary N) is 1. The summed E-state index contributed by atoms with van der Waals surface area (Å²) in [5, 5.41) is 4.45. The number of benzene rings is 1. The summed E-state index contributed by atoms with van der Waals surface area (Å²) in [6.07, 6.45) is 5.62. The van der Waals surface area contributed by atoms with Crippen LogP contribution in [-0.2, 0) is 0 Å². The molecule has 1 aromatic carbocycles. The Balaban J connectivity index is 1.53. The number of aromatic nitrogens is 2. The van der Waals surface area contributed by atoms with Gasteiger partial charge in [-0.25, -0.2) is 9.97 Å². The molecule has 3 aromatic rings. The summed E-state index contributed by atoms with van der Waals surface area (Å²) in [6.45, 7) is 4.35. The fourth-order valence-electron chi connectivity index (χ4n) is 3.16. The molecule has 0 saturated carbocycles. The molecule has 0 bridgehead atoms. The third-order valence-corrected chi connectivity index (χ3v) is 4.33. The molecule has 5 heteroatoms. The molecule has 22 heavy (non-hydrogen) atoms. The second-order valence-corrected chi connectivity index (χ2v) is 5.83. The highest BCUT2D eigenvalue weighted by atomic mass is 16.3. The summed E-state index contributed by atoms with van der Waals surface area (Å²) in [6, 6.07) is 7.98. The van der Waals surface area contributed by atoms with E-state index in [0.717, 1.165) is 41.0 Å². The highest BCUT2D eigenvalue weighted by Crippen LogP contribution is 2.30. The zero-order valence-electron chi connectivity index (χ0n) is 12.6. The Morgan fingerprint density at radius 2 is 1.95 bits per heavy atom. The number of likely N-dealkylation sites (tertiary alicyclic amines) is 1. The van der Waals surface area contributed by atoms with Crippen LogP contribution in [0.2, 0.25) is 0 Å². The van der Waals surface area contributed by atoms with Gasteiger partial charge >= 0.3 is 0 Å². The zero-order chi connectivity index (χ0) is 14.8. The fourth-order valence-corrected chi connectivity index (χ4v) is 3.16. The van der Waals surface area contributed by atoms with Crippen LogP contribution >= 0.6 is 0 Å². The Kier molecular flexibility index (Phi) is 3.64. The first-order chi connectivity index (χ1) is 10.9. The number of rotatable bonds is 4. The van der Waals surface area contributed by atoms with E-state index >= 15 is 0 Å². The number of hydrogen-bond acceptors (Lipinski definition) is 5. The number of nitrogens with zero attached hydrogens (tertiary/aromatic N) is 3. The molecule has 0 radical (unpaired) electrons. The van der Waals surface area contributed by atoms with Crippen LogP contribution in [0.25, 0.3) is 22.1 Å². The molecular formula is C17H20N4O. The normalized spacial score (nSPS) is 16.4. The highest BCUT2D eigenvalue weighted by Gasteiger charge is 2.13. The van der Waals surface area contributed by atoms with Crippen molar-refractivity contribution in [3.63, 3.8) is 0 Å². The van der Waals surface area contributed by atoms with Gasteiger partial charge in [-0.15, -0.1) is 0 Å². The van der Waals surface area contributed by atoms with Crippen molar-refractivity contribution in [1.29, 1.82) is 0 Å². The standard InChI is InChI=1S/C17H20N4O/c1-4-9-21(10-5-1)11-8-18-17-16-15(19-12-20-17)13-6-2-3-7-14(13)22-16/h2-3,6-7,12H,1,4-5,8-11H2,(H,18,19,20). The molecule has 1 fully saturated rings. The lowest BCUT2D eigenvalue weighted by atomic mass is 10.1. The molecule has 3 heterocycles. The van der Waals surface area contributed by atoms with Crippen LogP contribution < -0.4 is 5.32 Å². The van der Waals surface area contributed by atoms with Crippen LogP contribution in [0.15, 0.2) is 35.0 Å². The number of hydrogen-bond donors (Lipinski definition) is 1. The van der Waals surface area contributed by atoms with Gasteiger partial charge in [0.15, 0.2) is 11.4 Å². The van der Waals surface area contributed by atoms with Crippen molar-refractivity contribution in [2.75, 3.05) is 31.5 Å². The van der Waals surface area contributed by atoms with E-state index in [1.807, 2.05) is 24.3 Å². The van der Waals surface area contributed by atoms with E-state index in [1.54, 1.807) is 6.33 Å². The van der Waals surface area contributed by atoms with Crippen LogP contribution in [0.5, 0.6) is 0 Å². The second-order valence-electron chi connectivity index (χ2n) is 5.83. The predicted molar refractivity (Wildman–Crippen MR) is 88.1 cm³/mol. The van der Waals surface area contributed by atoms with E-state index in [9.17, 15) is 0 Å². The third kappa shape index (κ3) is 2.52. The molecule has 1 saturated heterocycles. The molecule has 1 aliphatic heterocycles. The highest BCUT2D eigenvalue weighted by molar-refractivity contribution is 6.05. The van der Waals surface area contributed by atoms with Crippen molar-refractivity contribution < 1.29 is 4.42 Å². The van der Waals surface area contributed by atoms with Crippen molar-refractivity contribution in [2.45, 2.75) is 19.3 Å².